The number of aliphatic carboxylic acids is 1. The van der Waals surface area contributed by atoms with Crippen LogP contribution in [0.25, 0.3) is 10.9 Å². The zero-order valence-corrected chi connectivity index (χ0v) is 28.6. The largest absolute Gasteiger partial charge is 0.481 e. The van der Waals surface area contributed by atoms with Gasteiger partial charge in [-0.05, 0) is 62.3 Å². The van der Waals surface area contributed by atoms with E-state index in [0.717, 1.165) is 29.8 Å². The number of carboxylic acids is 1. The normalized spacial score (nSPS) is 22.3. The molecule has 1 amide bonds. The number of aryl methyl sites for hydroxylation is 1. The van der Waals surface area contributed by atoms with Gasteiger partial charge >= 0.3 is 5.97 Å². The molecule has 2 aliphatic heterocycles. The molecule has 49 heavy (non-hydrogen) atoms. The molecule has 13 heteroatoms. The van der Waals surface area contributed by atoms with Crippen LogP contribution < -0.4 is 5.32 Å². The Bertz CT molecular complexity index is 1680. The van der Waals surface area contributed by atoms with E-state index in [1.54, 1.807) is 6.20 Å². The standard InChI is InChI=1S/C36H44ClF2N5O5/c1-41-23-28(27-6-2-3-7-32(27)41)34(46)40-31-22-30(39)25(20-29(31)37)21-33(45)36(43-13-4-5-14-43,44-18-16-42(15-12-38)17-19-44)49-26-10-8-24(9-11-26)35(47)48/h2-3,6-7,20,22-24,26H,4-5,8-19,21H2,1H3,(H,40,46)(H,47,48). The summed E-state index contributed by atoms with van der Waals surface area (Å²) in [5, 5.41) is 13.1. The maximum Gasteiger partial charge on any atom is 0.306 e. The van der Waals surface area contributed by atoms with E-state index in [-0.39, 0.29) is 34.6 Å². The van der Waals surface area contributed by atoms with E-state index >= 15 is 4.39 Å². The number of piperazine rings is 1. The number of hydrogen-bond donors (Lipinski definition) is 2. The molecule has 0 spiro atoms. The number of likely N-dealkylation sites (tertiary alicyclic amines) is 1. The molecule has 1 saturated carbocycles. The number of hydrogen-bond acceptors (Lipinski definition) is 7. The Morgan fingerprint density at radius 2 is 1.67 bits per heavy atom. The maximum absolute atomic E-state index is 15.9. The van der Waals surface area contributed by atoms with E-state index < -0.39 is 36.1 Å². The molecule has 6 rings (SSSR count). The lowest BCUT2D eigenvalue weighted by Crippen LogP contribution is -2.70. The third-order valence-electron chi connectivity index (χ3n) is 10.3. The van der Waals surface area contributed by atoms with Crippen LogP contribution in [0, 0.1) is 11.7 Å². The van der Waals surface area contributed by atoms with Crippen molar-refractivity contribution in [2.24, 2.45) is 13.0 Å². The van der Waals surface area contributed by atoms with Gasteiger partial charge in [-0.2, -0.15) is 0 Å². The van der Waals surface area contributed by atoms with Gasteiger partial charge in [0.2, 0.25) is 5.85 Å². The van der Waals surface area contributed by atoms with Crippen molar-refractivity contribution in [1.82, 2.24) is 19.3 Å². The minimum absolute atomic E-state index is 0.0796. The second-order valence-electron chi connectivity index (χ2n) is 13.4. The van der Waals surface area contributed by atoms with Gasteiger partial charge in [0.15, 0.2) is 5.78 Å². The van der Waals surface area contributed by atoms with Crippen molar-refractivity contribution in [3.8, 4) is 0 Å². The predicted octanol–water partition coefficient (Wildman–Crippen LogP) is 5.33. The number of rotatable bonds is 12. The summed E-state index contributed by atoms with van der Waals surface area (Å²) in [7, 11) is 1.84. The molecule has 3 heterocycles. The molecule has 0 radical (unpaired) electrons. The van der Waals surface area contributed by atoms with Gasteiger partial charge in [0.1, 0.15) is 12.5 Å². The number of halogens is 3. The Kier molecular flexibility index (Phi) is 11.0. The molecule has 10 nitrogen and oxygen atoms in total. The highest BCUT2D eigenvalue weighted by Gasteiger charge is 2.53. The summed E-state index contributed by atoms with van der Waals surface area (Å²) in [6.45, 7) is 3.08. The van der Waals surface area contributed by atoms with Crippen molar-refractivity contribution in [3.05, 3.63) is 64.6 Å². The van der Waals surface area contributed by atoms with Crippen LogP contribution in [0.5, 0.6) is 0 Å². The van der Waals surface area contributed by atoms with E-state index in [4.69, 9.17) is 16.3 Å². The van der Waals surface area contributed by atoms with Crippen molar-refractivity contribution in [3.63, 3.8) is 0 Å². The number of Topliss-reactive ketones (excluding diaryl/α,β-unsaturated/α-hetero) is 1. The molecule has 1 aliphatic carbocycles. The first-order valence-corrected chi connectivity index (χ1v) is 17.5. The van der Waals surface area contributed by atoms with Gasteiger partial charge in [-0.25, -0.2) is 8.78 Å². The zero-order chi connectivity index (χ0) is 34.7. The van der Waals surface area contributed by atoms with Crippen LogP contribution in [0.2, 0.25) is 5.02 Å². The first kappa shape index (κ1) is 35.4. The zero-order valence-electron chi connectivity index (χ0n) is 27.8. The summed E-state index contributed by atoms with van der Waals surface area (Å²) >= 11 is 6.64. The van der Waals surface area contributed by atoms with Crippen LogP contribution in [-0.2, 0) is 27.8 Å². The fraction of sp³-hybridized carbons (Fsp3) is 0.528. The lowest BCUT2D eigenvalue weighted by molar-refractivity contribution is -0.260. The molecule has 1 aromatic heterocycles. The number of nitrogens with one attached hydrogen (secondary N) is 1. The van der Waals surface area contributed by atoms with Gasteiger partial charge in [0.25, 0.3) is 5.91 Å². The summed E-state index contributed by atoms with van der Waals surface area (Å²) in [6, 6.07) is 10.0. The van der Waals surface area contributed by atoms with E-state index in [1.165, 1.54) is 6.07 Å². The average Bonchev–Trinajstić information content (AvgIpc) is 3.76. The molecule has 3 fully saturated rings. The number of para-hydroxylation sites is 1. The average molecular weight is 700 g/mol. The summed E-state index contributed by atoms with van der Waals surface area (Å²) in [5.41, 5.74) is 1.47. The Labute approximate surface area is 289 Å². The highest BCUT2D eigenvalue weighted by molar-refractivity contribution is 6.34. The number of carbonyl (C=O) groups excluding carboxylic acids is 2. The Balaban J connectivity index is 1.27. The van der Waals surface area contributed by atoms with Gasteiger partial charge < -0.3 is 19.7 Å². The van der Waals surface area contributed by atoms with Crippen LogP contribution in [0.4, 0.5) is 14.5 Å². The van der Waals surface area contributed by atoms with Gasteiger partial charge in [-0.15, -0.1) is 0 Å². The van der Waals surface area contributed by atoms with Crippen LogP contribution in [0.3, 0.4) is 0 Å². The van der Waals surface area contributed by atoms with Crippen LogP contribution in [-0.4, -0.2) is 106 Å². The molecule has 1 unspecified atom stereocenters. The van der Waals surface area contributed by atoms with Crippen LogP contribution >= 0.6 is 11.6 Å². The SMILES string of the molecule is Cn1cc(C(=O)Nc2cc(F)c(CC(=O)C(OC3CCC(C(=O)O)CC3)(N3CCCC3)N3CCN(CCF)CC3)cc2Cl)c2ccccc21. The molecule has 2 saturated heterocycles. The van der Waals surface area contributed by atoms with E-state index in [9.17, 15) is 23.9 Å². The topological polar surface area (TPSA) is 107 Å². The number of fused-ring (bicyclic) bond motifs is 1. The Morgan fingerprint density at radius 3 is 2.35 bits per heavy atom. The number of nitrogens with zero attached hydrogens (tertiary/aromatic N) is 4. The van der Waals surface area contributed by atoms with Crippen molar-refractivity contribution in [2.45, 2.75) is 56.9 Å². The molecule has 2 N–H and O–H groups in total. The number of carbonyl (C=O) groups is 3. The van der Waals surface area contributed by atoms with Gasteiger partial charge in [0.05, 0.1) is 28.3 Å². The van der Waals surface area contributed by atoms with Crippen molar-refractivity contribution in [2.75, 3.05) is 57.8 Å². The molecule has 3 aliphatic rings. The van der Waals surface area contributed by atoms with Crippen molar-refractivity contribution >= 4 is 45.9 Å². The molecule has 0 bridgehead atoms. The number of ketones is 1. The van der Waals surface area contributed by atoms with E-state index in [0.29, 0.717) is 77.1 Å². The number of carboxylic acid groups (broad SMARTS) is 1. The fourth-order valence-corrected chi connectivity index (χ4v) is 7.90. The lowest BCUT2D eigenvalue weighted by atomic mass is 9.87. The minimum atomic E-state index is -1.50. The number of benzene rings is 2. The molecule has 264 valence electrons. The van der Waals surface area contributed by atoms with Gasteiger partial charge in [-0.1, -0.05) is 29.8 Å². The van der Waals surface area contributed by atoms with Gasteiger partial charge in [-0.3, -0.25) is 29.1 Å². The maximum atomic E-state index is 15.9. The van der Waals surface area contributed by atoms with Crippen LogP contribution in [0.15, 0.2) is 42.6 Å². The van der Waals surface area contributed by atoms with Crippen LogP contribution in [0.1, 0.15) is 54.4 Å². The van der Waals surface area contributed by atoms with Gasteiger partial charge in [0, 0.05) is 76.4 Å². The number of anilines is 1. The number of amides is 1. The second-order valence-corrected chi connectivity index (χ2v) is 13.8. The summed E-state index contributed by atoms with van der Waals surface area (Å²) in [6.07, 6.45) is 4.67. The predicted molar refractivity (Wildman–Crippen MR) is 183 cm³/mol. The molecule has 3 aromatic rings. The molecular formula is C36H44ClF2N5O5. The Hall–Kier alpha value is -3.42. The number of ether oxygens (including phenoxy) is 1. The highest BCUT2D eigenvalue weighted by Crippen LogP contribution is 2.37. The van der Waals surface area contributed by atoms with E-state index in [1.807, 2.05) is 50.6 Å². The summed E-state index contributed by atoms with van der Waals surface area (Å²) in [5.74, 6) is -4.23. The lowest BCUT2D eigenvalue weighted by Gasteiger charge is -2.52. The highest BCUT2D eigenvalue weighted by atomic mass is 35.5. The first-order valence-electron chi connectivity index (χ1n) is 17.2. The number of aromatic nitrogens is 1. The third kappa shape index (κ3) is 7.39. The smallest absolute Gasteiger partial charge is 0.306 e. The molecule has 1 atom stereocenters. The second kappa shape index (κ2) is 15.2. The molecular weight excluding hydrogens is 656 g/mol. The van der Waals surface area contributed by atoms with Crippen molar-refractivity contribution < 1.29 is 33.0 Å². The Morgan fingerprint density at radius 1 is 1.00 bits per heavy atom. The quantitative estimate of drug-likeness (QED) is 0.261. The fourth-order valence-electron chi connectivity index (χ4n) is 7.66. The summed E-state index contributed by atoms with van der Waals surface area (Å²) < 4.78 is 37.8. The molecule has 2 aromatic carbocycles. The van der Waals surface area contributed by atoms with E-state index in [2.05, 4.69) is 5.32 Å². The van der Waals surface area contributed by atoms with Crippen molar-refractivity contribution in [1.29, 1.82) is 0 Å². The summed E-state index contributed by atoms with van der Waals surface area (Å²) in [4.78, 5) is 45.8. The number of alkyl halides is 1. The third-order valence-corrected chi connectivity index (χ3v) is 10.6. The first-order chi connectivity index (χ1) is 23.6. The monoisotopic (exact) mass is 699 g/mol. The minimum Gasteiger partial charge on any atom is -0.481 e.